The van der Waals surface area contributed by atoms with E-state index >= 15 is 0 Å². The van der Waals surface area contributed by atoms with Gasteiger partial charge in [-0.05, 0) is 42.8 Å². The summed E-state index contributed by atoms with van der Waals surface area (Å²) in [5.41, 5.74) is 7.58. The Bertz CT molecular complexity index is 511. The molecule has 0 fully saturated rings. The number of anilines is 1. The molecule has 0 aromatic heterocycles. The molecule has 16 heavy (non-hydrogen) atoms. The number of aryl methyl sites for hydroxylation is 1. The highest BCUT2D eigenvalue weighted by atomic mass is 79.9. The molecule has 2 N–H and O–H groups in total. The Morgan fingerprint density at radius 3 is 2.56 bits per heavy atom. The third-order valence-corrected chi connectivity index (χ3v) is 3.17. The van der Waals surface area contributed by atoms with Gasteiger partial charge in [-0.3, -0.25) is 0 Å². The molecule has 0 radical (unpaired) electrons. The molecule has 0 aliphatic heterocycles. The van der Waals surface area contributed by atoms with Crippen molar-refractivity contribution in [2.75, 3.05) is 5.73 Å². The van der Waals surface area contributed by atoms with Crippen LogP contribution in [0, 0.1) is 6.92 Å². The van der Waals surface area contributed by atoms with Crippen molar-refractivity contribution in [3.8, 4) is 11.5 Å². The van der Waals surface area contributed by atoms with Gasteiger partial charge in [-0.25, -0.2) is 0 Å². The third kappa shape index (κ3) is 2.36. The lowest BCUT2D eigenvalue weighted by atomic mass is 10.2. The van der Waals surface area contributed by atoms with Crippen LogP contribution >= 0.6 is 15.9 Å². The normalized spacial score (nSPS) is 10.1. The van der Waals surface area contributed by atoms with Gasteiger partial charge in [-0.1, -0.05) is 28.1 Å². The monoisotopic (exact) mass is 277 g/mol. The average molecular weight is 278 g/mol. The van der Waals surface area contributed by atoms with Crippen molar-refractivity contribution < 1.29 is 4.74 Å². The number of nitrogen functional groups attached to an aromatic ring is 1. The highest BCUT2D eigenvalue weighted by Crippen LogP contribution is 2.29. The van der Waals surface area contributed by atoms with E-state index in [9.17, 15) is 0 Å². The van der Waals surface area contributed by atoms with E-state index in [2.05, 4.69) is 15.9 Å². The number of benzene rings is 2. The van der Waals surface area contributed by atoms with Crippen LogP contribution in [-0.4, -0.2) is 0 Å². The highest BCUT2D eigenvalue weighted by molar-refractivity contribution is 9.10. The zero-order valence-electron chi connectivity index (χ0n) is 8.91. The standard InChI is InChI=1S/C13H12BrNO/c1-9-8-10(6-7-11(9)14)16-13-5-3-2-4-12(13)15/h2-8H,15H2,1H3. The Kier molecular flexibility index (Phi) is 3.15. The van der Waals surface area contributed by atoms with Gasteiger partial charge in [0, 0.05) is 4.47 Å². The molecule has 0 bridgehead atoms. The maximum atomic E-state index is 5.80. The first-order valence-corrected chi connectivity index (χ1v) is 5.74. The minimum absolute atomic E-state index is 0.642. The zero-order valence-corrected chi connectivity index (χ0v) is 10.5. The second-order valence-corrected chi connectivity index (χ2v) is 4.41. The molecule has 0 saturated carbocycles. The summed E-state index contributed by atoms with van der Waals surface area (Å²) < 4.78 is 6.77. The van der Waals surface area contributed by atoms with Crippen molar-refractivity contribution in [2.24, 2.45) is 0 Å². The van der Waals surface area contributed by atoms with Crippen molar-refractivity contribution in [1.29, 1.82) is 0 Å². The third-order valence-electron chi connectivity index (χ3n) is 2.28. The van der Waals surface area contributed by atoms with Gasteiger partial charge >= 0.3 is 0 Å². The van der Waals surface area contributed by atoms with Crippen LogP contribution in [0.3, 0.4) is 0 Å². The van der Waals surface area contributed by atoms with Gasteiger partial charge in [0.05, 0.1) is 5.69 Å². The molecule has 0 saturated heterocycles. The predicted molar refractivity (Wildman–Crippen MR) is 69.8 cm³/mol. The molecule has 0 unspecified atom stereocenters. The molecule has 2 aromatic carbocycles. The van der Waals surface area contributed by atoms with E-state index in [4.69, 9.17) is 10.5 Å². The molecular weight excluding hydrogens is 266 g/mol. The largest absolute Gasteiger partial charge is 0.455 e. The van der Waals surface area contributed by atoms with E-state index in [1.54, 1.807) is 0 Å². The molecule has 82 valence electrons. The second-order valence-electron chi connectivity index (χ2n) is 3.55. The van der Waals surface area contributed by atoms with E-state index in [0.717, 1.165) is 15.8 Å². The van der Waals surface area contributed by atoms with Crippen LogP contribution in [0.15, 0.2) is 46.9 Å². The van der Waals surface area contributed by atoms with Gasteiger partial charge in [0.15, 0.2) is 0 Å². The molecule has 0 atom stereocenters. The Labute approximate surface area is 103 Å². The summed E-state index contributed by atoms with van der Waals surface area (Å²) >= 11 is 3.45. The van der Waals surface area contributed by atoms with Gasteiger partial charge in [0.25, 0.3) is 0 Å². The number of ether oxygens (including phenoxy) is 1. The smallest absolute Gasteiger partial charge is 0.150 e. The molecule has 0 spiro atoms. The Morgan fingerprint density at radius 2 is 1.88 bits per heavy atom. The van der Waals surface area contributed by atoms with Crippen LogP contribution in [0.1, 0.15) is 5.56 Å². The summed E-state index contributed by atoms with van der Waals surface area (Å²) in [5.74, 6) is 1.47. The summed E-state index contributed by atoms with van der Waals surface area (Å²) in [6, 6.07) is 13.3. The maximum absolute atomic E-state index is 5.80. The van der Waals surface area contributed by atoms with Gasteiger partial charge < -0.3 is 10.5 Å². The van der Waals surface area contributed by atoms with Gasteiger partial charge in [-0.15, -0.1) is 0 Å². The molecule has 2 aromatic rings. The first-order valence-electron chi connectivity index (χ1n) is 4.95. The van der Waals surface area contributed by atoms with E-state index in [-0.39, 0.29) is 0 Å². The summed E-state index contributed by atoms with van der Waals surface area (Å²) in [5, 5.41) is 0. The fourth-order valence-corrected chi connectivity index (χ4v) is 1.63. The lowest BCUT2D eigenvalue weighted by Crippen LogP contribution is -1.91. The molecular formula is C13H12BrNO. The molecule has 0 aliphatic carbocycles. The first-order chi connectivity index (χ1) is 7.66. The first kappa shape index (κ1) is 11.0. The van der Waals surface area contributed by atoms with E-state index in [0.29, 0.717) is 11.4 Å². The van der Waals surface area contributed by atoms with Crippen molar-refractivity contribution in [3.05, 3.63) is 52.5 Å². The molecule has 0 heterocycles. The Hall–Kier alpha value is -1.48. The quantitative estimate of drug-likeness (QED) is 0.838. The van der Waals surface area contributed by atoms with Crippen LogP contribution in [0.5, 0.6) is 11.5 Å². The van der Waals surface area contributed by atoms with E-state index in [1.807, 2.05) is 49.4 Å². The van der Waals surface area contributed by atoms with Crippen LogP contribution in [0.2, 0.25) is 0 Å². The zero-order chi connectivity index (χ0) is 11.5. The summed E-state index contributed by atoms with van der Waals surface area (Å²) in [7, 11) is 0. The minimum atomic E-state index is 0.642. The Morgan fingerprint density at radius 1 is 1.12 bits per heavy atom. The van der Waals surface area contributed by atoms with Crippen LogP contribution in [0.25, 0.3) is 0 Å². The van der Waals surface area contributed by atoms with Crippen LogP contribution in [0.4, 0.5) is 5.69 Å². The van der Waals surface area contributed by atoms with Crippen LogP contribution in [-0.2, 0) is 0 Å². The topological polar surface area (TPSA) is 35.2 Å². The van der Waals surface area contributed by atoms with Gasteiger partial charge in [0.2, 0.25) is 0 Å². The molecule has 2 nitrogen and oxygen atoms in total. The summed E-state index contributed by atoms with van der Waals surface area (Å²) in [6.07, 6.45) is 0. The van der Waals surface area contributed by atoms with E-state index < -0.39 is 0 Å². The maximum Gasteiger partial charge on any atom is 0.150 e. The molecule has 0 amide bonds. The lowest BCUT2D eigenvalue weighted by molar-refractivity contribution is 0.484. The summed E-state index contributed by atoms with van der Waals surface area (Å²) in [4.78, 5) is 0. The highest BCUT2D eigenvalue weighted by Gasteiger charge is 2.02. The Balaban J connectivity index is 2.28. The number of hydrogen-bond acceptors (Lipinski definition) is 2. The number of hydrogen-bond donors (Lipinski definition) is 1. The van der Waals surface area contributed by atoms with Crippen LogP contribution < -0.4 is 10.5 Å². The van der Waals surface area contributed by atoms with E-state index in [1.165, 1.54) is 0 Å². The van der Waals surface area contributed by atoms with Crippen molar-refractivity contribution in [3.63, 3.8) is 0 Å². The predicted octanol–water partition coefficient (Wildman–Crippen LogP) is 4.13. The van der Waals surface area contributed by atoms with Gasteiger partial charge in [0.1, 0.15) is 11.5 Å². The molecule has 0 aliphatic rings. The number of nitrogens with two attached hydrogens (primary N) is 1. The fourth-order valence-electron chi connectivity index (χ4n) is 1.38. The van der Waals surface area contributed by atoms with Crippen molar-refractivity contribution in [2.45, 2.75) is 6.92 Å². The van der Waals surface area contributed by atoms with Gasteiger partial charge in [-0.2, -0.15) is 0 Å². The van der Waals surface area contributed by atoms with Crippen molar-refractivity contribution in [1.82, 2.24) is 0 Å². The number of para-hydroxylation sites is 2. The molecule has 2 rings (SSSR count). The SMILES string of the molecule is Cc1cc(Oc2ccccc2N)ccc1Br. The second kappa shape index (κ2) is 4.58. The summed E-state index contributed by atoms with van der Waals surface area (Å²) in [6.45, 7) is 2.02. The fraction of sp³-hybridized carbons (Fsp3) is 0.0769. The van der Waals surface area contributed by atoms with Crippen molar-refractivity contribution >= 4 is 21.6 Å². The minimum Gasteiger partial charge on any atom is -0.455 e. The number of rotatable bonds is 2. The number of halogens is 1. The lowest BCUT2D eigenvalue weighted by Gasteiger charge is -2.09. The average Bonchev–Trinajstić information content (AvgIpc) is 2.27. The molecule has 3 heteroatoms.